The lowest BCUT2D eigenvalue weighted by Gasteiger charge is -1.95. The van der Waals surface area contributed by atoms with Crippen LogP contribution < -0.4 is 16.8 Å². The van der Waals surface area contributed by atoms with E-state index in [1.165, 1.54) is 0 Å². The molecular weight excluding hydrogens is 214 g/mol. The fourth-order valence-corrected chi connectivity index (χ4v) is 0.720. The standard InChI is InChI=1S/C5H8O4.C4H13N3/c6-4(7)2-1-3-5(8)9;5-1-3-7-4-2-6/h1-3H2,(H,6,7)(H,8,9);7H,1-6H2. The summed E-state index contributed by atoms with van der Waals surface area (Å²) in [7, 11) is 0. The molecular formula is C9H21N3O4. The van der Waals surface area contributed by atoms with Crippen LogP contribution in [0.5, 0.6) is 0 Å². The Morgan fingerprint density at radius 2 is 1.31 bits per heavy atom. The first-order chi connectivity index (χ1) is 7.54. The number of nitrogens with one attached hydrogen (secondary N) is 1. The second kappa shape index (κ2) is 13.8. The number of rotatable bonds is 8. The number of carboxylic acid groups (broad SMARTS) is 2. The van der Waals surface area contributed by atoms with Crippen LogP contribution in [0.2, 0.25) is 0 Å². The number of nitrogens with two attached hydrogens (primary N) is 2. The molecule has 0 aromatic heterocycles. The second-order valence-corrected chi connectivity index (χ2v) is 2.97. The molecule has 0 aliphatic rings. The number of hydrogen-bond acceptors (Lipinski definition) is 5. The Morgan fingerprint density at radius 1 is 0.938 bits per heavy atom. The average molecular weight is 235 g/mol. The van der Waals surface area contributed by atoms with Crippen molar-refractivity contribution in [1.29, 1.82) is 0 Å². The molecule has 96 valence electrons. The zero-order chi connectivity index (χ0) is 12.8. The number of hydrogen-bond donors (Lipinski definition) is 5. The van der Waals surface area contributed by atoms with Crippen molar-refractivity contribution in [3.63, 3.8) is 0 Å². The molecule has 0 saturated carbocycles. The van der Waals surface area contributed by atoms with Gasteiger partial charge in [-0.2, -0.15) is 0 Å². The summed E-state index contributed by atoms with van der Waals surface area (Å²) >= 11 is 0. The van der Waals surface area contributed by atoms with Gasteiger partial charge in [0.25, 0.3) is 0 Å². The van der Waals surface area contributed by atoms with Gasteiger partial charge in [-0.1, -0.05) is 0 Å². The molecule has 0 aromatic rings. The van der Waals surface area contributed by atoms with Gasteiger partial charge in [0.05, 0.1) is 0 Å². The van der Waals surface area contributed by atoms with Crippen molar-refractivity contribution in [2.45, 2.75) is 19.3 Å². The summed E-state index contributed by atoms with van der Waals surface area (Å²) in [5.74, 6) is -1.90. The first-order valence-electron chi connectivity index (χ1n) is 5.09. The van der Waals surface area contributed by atoms with Gasteiger partial charge in [0.2, 0.25) is 0 Å². The molecule has 0 aliphatic heterocycles. The van der Waals surface area contributed by atoms with E-state index in [1.54, 1.807) is 0 Å². The van der Waals surface area contributed by atoms with Crippen molar-refractivity contribution in [3.05, 3.63) is 0 Å². The fourth-order valence-electron chi connectivity index (χ4n) is 0.720. The molecule has 7 nitrogen and oxygen atoms in total. The van der Waals surface area contributed by atoms with Crippen molar-refractivity contribution >= 4 is 11.9 Å². The van der Waals surface area contributed by atoms with Crippen LogP contribution >= 0.6 is 0 Å². The van der Waals surface area contributed by atoms with E-state index in [0.717, 1.165) is 13.1 Å². The van der Waals surface area contributed by atoms with Gasteiger partial charge in [-0.15, -0.1) is 0 Å². The first kappa shape index (κ1) is 17.2. The van der Waals surface area contributed by atoms with E-state index in [9.17, 15) is 9.59 Å². The molecule has 0 bridgehead atoms. The highest BCUT2D eigenvalue weighted by Gasteiger charge is 1.99. The van der Waals surface area contributed by atoms with E-state index in [-0.39, 0.29) is 19.3 Å². The van der Waals surface area contributed by atoms with Gasteiger partial charge in [-0.25, -0.2) is 0 Å². The molecule has 7 heteroatoms. The Morgan fingerprint density at radius 3 is 1.56 bits per heavy atom. The summed E-state index contributed by atoms with van der Waals surface area (Å²) in [6.07, 6.45) is 0.0866. The minimum atomic E-state index is -0.948. The molecule has 0 saturated heterocycles. The van der Waals surface area contributed by atoms with Gasteiger partial charge < -0.3 is 27.0 Å². The topological polar surface area (TPSA) is 139 Å². The van der Waals surface area contributed by atoms with Gasteiger partial charge in [-0.05, 0) is 6.42 Å². The second-order valence-electron chi connectivity index (χ2n) is 2.97. The van der Waals surface area contributed by atoms with Gasteiger partial charge in [0.15, 0.2) is 0 Å². The van der Waals surface area contributed by atoms with Crippen LogP contribution in [0.3, 0.4) is 0 Å². The highest BCUT2D eigenvalue weighted by atomic mass is 16.4. The normalized spacial score (nSPS) is 9.12. The third-order valence-corrected chi connectivity index (χ3v) is 1.42. The molecule has 0 spiro atoms. The molecule has 0 rings (SSSR count). The van der Waals surface area contributed by atoms with E-state index in [0.29, 0.717) is 13.1 Å². The summed E-state index contributed by atoms with van der Waals surface area (Å²) in [6, 6.07) is 0. The predicted molar refractivity (Wildman–Crippen MR) is 60.1 cm³/mol. The van der Waals surface area contributed by atoms with Crippen molar-refractivity contribution < 1.29 is 19.8 Å². The smallest absolute Gasteiger partial charge is 0.303 e. The highest BCUT2D eigenvalue weighted by molar-refractivity contribution is 5.69. The molecule has 0 atom stereocenters. The highest BCUT2D eigenvalue weighted by Crippen LogP contribution is 1.93. The summed E-state index contributed by atoms with van der Waals surface area (Å²) in [5.41, 5.74) is 10.3. The van der Waals surface area contributed by atoms with Crippen molar-refractivity contribution in [3.8, 4) is 0 Å². The van der Waals surface area contributed by atoms with Crippen LogP contribution in [-0.4, -0.2) is 48.3 Å². The quantitative estimate of drug-likeness (QED) is 0.334. The maximum Gasteiger partial charge on any atom is 0.303 e. The molecule has 0 amide bonds. The van der Waals surface area contributed by atoms with Gasteiger partial charge >= 0.3 is 11.9 Å². The average Bonchev–Trinajstić information content (AvgIpc) is 2.18. The predicted octanol–water partition coefficient (Wildman–Crippen LogP) is -1.18. The van der Waals surface area contributed by atoms with Crippen LogP contribution in [0.1, 0.15) is 19.3 Å². The third kappa shape index (κ3) is 23.0. The van der Waals surface area contributed by atoms with E-state index in [4.69, 9.17) is 21.7 Å². The minimum Gasteiger partial charge on any atom is -0.481 e. The lowest BCUT2D eigenvalue weighted by atomic mass is 10.2. The monoisotopic (exact) mass is 235 g/mol. The Hall–Kier alpha value is -1.18. The Bertz CT molecular complexity index is 170. The summed E-state index contributed by atoms with van der Waals surface area (Å²) in [6.45, 7) is 3.13. The molecule has 0 heterocycles. The Labute approximate surface area is 94.8 Å². The zero-order valence-electron chi connectivity index (χ0n) is 9.32. The number of carbonyl (C=O) groups is 2. The van der Waals surface area contributed by atoms with Gasteiger partial charge in [0, 0.05) is 39.0 Å². The maximum absolute atomic E-state index is 9.79. The summed E-state index contributed by atoms with van der Waals surface area (Å²) in [4.78, 5) is 19.6. The summed E-state index contributed by atoms with van der Waals surface area (Å²) < 4.78 is 0. The van der Waals surface area contributed by atoms with Crippen LogP contribution in [0.4, 0.5) is 0 Å². The molecule has 0 aromatic carbocycles. The van der Waals surface area contributed by atoms with Crippen molar-refractivity contribution in [2.75, 3.05) is 26.2 Å². The summed E-state index contributed by atoms with van der Waals surface area (Å²) in [5, 5.41) is 19.1. The Kier molecular flexibility index (Phi) is 14.9. The third-order valence-electron chi connectivity index (χ3n) is 1.42. The van der Waals surface area contributed by atoms with E-state index in [1.807, 2.05) is 0 Å². The van der Waals surface area contributed by atoms with Crippen LogP contribution in [0, 0.1) is 0 Å². The first-order valence-corrected chi connectivity index (χ1v) is 5.09. The molecule has 0 radical (unpaired) electrons. The van der Waals surface area contributed by atoms with Crippen molar-refractivity contribution in [1.82, 2.24) is 5.32 Å². The lowest BCUT2D eigenvalue weighted by molar-refractivity contribution is -0.138. The molecule has 0 fully saturated rings. The number of aliphatic carboxylic acids is 2. The largest absolute Gasteiger partial charge is 0.481 e. The van der Waals surface area contributed by atoms with Crippen molar-refractivity contribution in [2.24, 2.45) is 11.5 Å². The van der Waals surface area contributed by atoms with E-state index >= 15 is 0 Å². The maximum atomic E-state index is 9.79. The Balaban J connectivity index is 0. The fraction of sp³-hybridized carbons (Fsp3) is 0.778. The van der Waals surface area contributed by atoms with Crippen LogP contribution in [0.15, 0.2) is 0 Å². The SMILES string of the molecule is NCCNCCN.O=C(O)CCCC(=O)O. The molecule has 0 unspecified atom stereocenters. The zero-order valence-corrected chi connectivity index (χ0v) is 9.32. The molecule has 0 aliphatic carbocycles. The van der Waals surface area contributed by atoms with Crippen LogP contribution in [-0.2, 0) is 9.59 Å². The van der Waals surface area contributed by atoms with E-state index in [2.05, 4.69) is 5.32 Å². The minimum absolute atomic E-state index is 0.0632. The molecule has 7 N–H and O–H groups in total. The van der Waals surface area contributed by atoms with E-state index < -0.39 is 11.9 Å². The van der Waals surface area contributed by atoms with Crippen LogP contribution in [0.25, 0.3) is 0 Å². The van der Waals surface area contributed by atoms with Gasteiger partial charge in [0.1, 0.15) is 0 Å². The van der Waals surface area contributed by atoms with Gasteiger partial charge in [-0.3, -0.25) is 9.59 Å². The molecule has 16 heavy (non-hydrogen) atoms. The lowest BCUT2D eigenvalue weighted by Crippen LogP contribution is -2.27. The number of carboxylic acids is 2.